The molecule has 0 heterocycles. The van der Waals surface area contributed by atoms with Gasteiger partial charge in [0.05, 0.1) is 0 Å². The van der Waals surface area contributed by atoms with Gasteiger partial charge in [-0.15, -0.1) is 0 Å². The van der Waals surface area contributed by atoms with Crippen LogP contribution in [0.25, 0.3) is 53.9 Å². The lowest BCUT2D eigenvalue weighted by atomic mass is 9.90. The number of benzene rings is 8. The Kier molecular flexibility index (Phi) is 6.00. The zero-order chi connectivity index (χ0) is 24.2. The highest BCUT2D eigenvalue weighted by molar-refractivity contribution is 6.32. The van der Waals surface area contributed by atoms with E-state index in [-0.39, 0.29) is 0 Å². The van der Waals surface area contributed by atoms with Crippen LogP contribution in [-0.4, -0.2) is 0 Å². The van der Waals surface area contributed by atoms with Crippen LogP contribution < -0.4 is 0 Å². The molecule has 0 fully saturated rings. The summed E-state index contributed by atoms with van der Waals surface area (Å²) in [6, 6.07) is 55.2. The highest BCUT2D eigenvalue weighted by atomic mass is 14.1. The van der Waals surface area contributed by atoms with Crippen LogP contribution in [0.1, 0.15) is 0 Å². The summed E-state index contributed by atoms with van der Waals surface area (Å²) in [6.07, 6.45) is 0. The third-order valence-corrected chi connectivity index (χ3v) is 6.72. The first-order chi connectivity index (χ1) is 17.9. The van der Waals surface area contributed by atoms with E-state index in [1.165, 1.54) is 53.9 Å². The molecular formula is C36H26. The van der Waals surface area contributed by atoms with Crippen LogP contribution >= 0.6 is 0 Å². The molecule has 0 aliphatic carbocycles. The average Bonchev–Trinajstić information content (AvgIpc) is 2.97. The van der Waals surface area contributed by atoms with Crippen LogP contribution in [0.5, 0.6) is 0 Å². The Morgan fingerprint density at radius 1 is 0.194 bits per heavy atom. The molecular weight excluding hydrogens is 432 g/mol. The van der Waals surface area contributed by atoms with Crippen LogP contribution in [0.3, 0.4) is 0 Å². The Bertz CT molecular complexity index is 1620. The van der Waals surface area contributed by atoms with Crippen molar-refractivity contribution in [2.75, 3.05) is 0 Å². The monoisotopic (exact) mass is 458 g/mol. The third kappa shape index (κ3) is 4.15. The summed E-state index contributed by atoms with van der Waals surface area (Å²) in [6.45, 7) is 0. The first-order valence-corrected chi connectivity index (χ1v) is 12.4. The van der Waals surface area contributed by atoms with Gasteiger partial charge in [0.15, 0.2) is 0 Å². The maximum Gasteiger partial charge on any atom is -0.00264 e. The summed E-state index contributed by atoms with van der Waals surface area (Å²) in [4.78, 5) is 0. The van der Waals surface area contributed by atoms with E-state index in [2.05, 4.69) is 121 Å². The largest absolute Gasteiger partial charge is 0.0623 e. The molecule has 0 aliphatic rings. The van der Waals surface area contributed by atoms with E-state index in [1.807, 2.05) is 36.4 Å². The van der Waals surface area contributed by atoms with E-state index in [1.54, 1.807) is 0 Å². The lowest BCUT2D eigenvalue weighted by Gasteiger charge is -2.13. The van der Waals surface area contributed by atoms with Crippen molar-refractivity contribution < 1.29 is 0 Å². The van der Waals surface area contributed by atoms with Crippen molar-refractivity contribution in [1.82, 2.24) is 0 Å². The highest BCUT2D eigenvalue weighted by Gasteiger charge is 2.11. The second-order valence-electron chi connectivity index (χ2n) is 8.92. The van der Waals surface area contributed by atoms with Crippen molar-refractivity contribution in [3.05, 3.63) is 158 Å². The summed E-state index contributed by atoms with van der Waals surface area (Å²) in [5, 5.41) is 13.5. The van der Waals surface area contributed by atoms with Gasteiger partial charge in [0.1, 0.15) is 0 Å². The van der Waals surface area contributed by atoms with E-state index in [0.717, 1.165) is 0 Å². The van der Waals surface area contributed by atoms with Crippen molar-refractivity contribution in [2.24, 2.45) is 0 Å². The molecule has 0 atom stereocenters. The Hall–Kier alpha value is -4.68. The fourth-order valence-corrected chi connectivity index (χ4v) is 5.10. The van der Waals surface area contributed by atoms with Crippen molar-refractivity contribution >= 4 is 53.9 Å². The van der Waals surface area contributed by atoms with E-state index in [4.69, 9.17) is 0 Å². The first-order valence-electron chi connectivity index (χ1n) is 12.4. The maximum atomic E-state index is 2.25. The fourth-order valence-electron chi connectivity index (χ4n) is 5.10. The van der Waals surface area contributed by atoms with Gasteiger partial charge in [-0.2, -0.15) is 0 Å². The Labute approximate surface area is 211 Å². The summed E-state index contributed by atoms with van der Waals surface area (Å²) in [7, 11) is 0. The molecule has 0 aromatic heterocycles. The SMILES string of the molecule is c1cc2cccc3c4cccc5cccc(c(c1)c23)c54.c1ccc2ccccc2c1.c1ccccc1. The van der Waals surface area contributed by atoms with Gasteiger partial charge < -0.3 is 0 Å². The molecule has 0 saturated heterocycles. The van der Waals surface area contributed by atoms with Crippen molar-refractivity contribution in [3.8, 4) is 0 Å². The first kappa shape index (κ1) is 21.8. The zero-order valence-corrected chi connectivity index (χ0v) is 20.0. The van der Waals surface area contributed by atoms with Crippen molar-refractivity contribution in [3.63, 3.8) is 0 Å². The summed E-state index contributed by atoms with van der Waals surface area (Å²) < 4.78 is 0. The second-order valence-corrected chi connectivity index (χ2v) is 8.92. The molecule has 0 saturated carbocycles. The lowest BCUT2D eigenvalue weighted by molar-refractivity contribution is 1.72. The van der Waals surface area contributed by atoms with E-state index in [0.29, 0.717) is 0 Å². The molecule has 0 heteroatoms. The van der Waals surface area contributed by atoms with Gasteiger partial charge in [0, 0.05) is 0 Å². The predicted octanol–water partition coefficient (Wildman–Crippen LogP) is 10.3. The van der Waals surface area contributed by atoms with E-state index < -0.39 is 0 Å². The Morgan fingerprint density at radius 3 is 0.722 bits per heavy atom. The molecule has 0 N–H and O–H groups in total. The predicted molar refractivity (Wildman–Crippen MR) is 158 cm³/mol. The number of rotatable bonds is 0. The molecule has 8 aromatic rings. The molecule has 0 radical (unpaired) electrons. The van der Waals surface area contributed by atoms with Gasteiger partial charge in [0.25, 0.3) is 0 Å². The standard InChI is InChI=1S/C20H12.C10H8.C6H6/c1-5-13-6-2-11-17-18-12-4-8-14-7-3-10-16(20(14)18)15(9-1)19(13)17;1-2-6-10-8-4-3-7-9(10)5-1;1-2-4-6-5-3-1/h1-12H;1-8H;1-6H. The second kappa shape index (κ2) is 9.90. The van der Waals surface area contributed by atoms with Crippen LogP contribution in [-0.2, 0) is 0 Å². The quantitative estimate of drug-likeness (QED) is 0.157. The minimum Gasteiger partial charge on any atom is -0.0623 e. The highest BCUT2D eigenvalue weighted by Crippen LogP contribution is 2.39. The van der Waals surface area contributed by atoms with Crippen LogP contribution in [0, 0.1) is 0 Å². The van der Waals surface area contributed by atoms with E-state index >= 15 is 0 Å². The topological polar surface area (TPSA) is 0 Å². The van der Waals surface area contributed by atoms with Gasteiger partial charge in [-0.05, 0) is 53.9 Å². The number of hydrogen-bond donors (Lipinski definition) is 0. The number of hydrogen-bond acceptors (Lipinski definition) is 0. The molecule has 0 amide bonds. The van der Waals surface area contributed by atoms with Gasteiger partial charge in [0.2, 0.25) is 0 Å². The molecule has 36 heavy (non-hydrogen) atoms. The normalized spacial score (nSPS) is 10.8. The van der Waals surface area contributed by atoms with Crippen LogP contribution in [0.15, 0.2) is 158 Å². The summed E-state index contributed by atoms with van der Waals surface area (Å²) in [5.41, 5.74) is 0. The van der Waals surface area contributed by atoms with Gasteiger partial charge >= 0.3 is 0 Å². The Morgan fingerprint density at radius 2 is 0.444 bits per heavy atom. The average molecular weight is 459 g/mol. The lowest BCUT2D eigenvalue weighted by Crippen LogP contribution is -1.85. The Balaban J connectivity index is 0.000000124. The van der Waals surface area contributed by atoms with Crippen LogP contribution in [0.2, 0.25) is 0 Å². The minimum atomic E-state index is 1.31. The molecule has 0 nitrogen and oxygen atoms in total. The molecule has 0 unspecified atom stereocenters. The molecule has 8 aromatic carbocycles. The zero-order valence-electron chi connectivity index (χ0n) is 20.0. The summed E-state index contributed by atoms with van der Waals surface area (Å²) in [5.74, 6) is 0. The third-order valence-electron chi connectivity index (χ3n) is 6.72. The van der Waals surface area contributed by atoms with Gasteiger partial charge in [-0.25, -0.2) is 0 Å². The molecule has 170 valence electrons. The maximum absolute atomic E-state index is 2.25. The molecule has 0 spiro atoms. The molecule has 0 bridgehead atoms. The van der Waals surface area contributed by atoms with E-state index in [9.17, 15) is 0 Å². The molecule has 8 rings (SSSR count). The van der Waals surface area contributed by atoms with Crippen molar-refractivity contribution in [1.29, 1.82) is 0 Å². The molecule has 0 aliphatic heterocycles. The number of fused-ring (bicyclic) bond motifs is 3. The van der Waals surface area contributed by atoms with Crippen LogP contribution in [0.4, 0.5) is 0 Å². The van der Waals surface area contributed by atoms with Gasteiger partial charge in [-0.1, -0.05) is 158 Å². The van der Waals surface area contributed by atoms with Crippen molar-refractivity contribution in [2.45, 2.75) is 0 Å². The summed E-state index contributed by atoms with van der Waals surface area (Å²) >= 11 is 0. The smallest absolute Gasteiger partial charge is 0.00264 e. The van der Waals surface area contributed by atoms with Gasteiger partial charge in [-0.3, -0.25) is 0 Å². The minimum absolute atomic E-state index is 1.31. The fraction of sp³-hybridized carbons (Fsp3) is 0.